The summed E-state index contributed by atoms with van der Waals surface area (Å²) in [7, 11) is 0. The minimum absolute atomic E-state index is 0.0317. The number of hydrogen-bond acceptors (Lipinski definition) is 20. The van der Waals surface area contributed by atoms with Crippen LogP contribution in [0, 0.1) is 11.8 Å². The van der Waals surface area contributed by atoms with Crippen molar-refractivity contribution in [1.29, 1.82) is 0 Å². The summed E-state index contributed by atoms with van der Waals surface area (Å²) in [5.41, 5.74) is 5.65. The second kappa shape index (κ2) is 57.4. The Balaban J connectivity index is 6.38. The first kappa shape index (κ1) is 91.6. The van der Waals surface area contributed by atoms with Gasteiger partial charge in [0.05, 0.1) is 24.5 Å². The number of nitrogens with two attached hydrogens (primary N) is 1. The highest BCUT2D eigenvalue weighted by Gasteiger charge is 2.33. The van der Waals surface area contributed by atoms with Crippen molar-refractivity contribution in [3.8, 4) is 0 Å². The molecule has 29 nitrogen and oxygen atoms in total. The molecule has 0 aromatic carbocycles. The summed E-state index contributed by atoms with van der Waals surface area (Å²) >= 11 is 0. The van der Waals surface area contributed by atoms with Crippen LogP contribution in [0.25, 0.3) is 0 Å². The maximum Gasteiger partial charge on any atom is 0.305 e. The van der Waals surface area contributed by atoms with Crippen molar-refractivity contribution < 1.29 is 67.0 Å². The molecule has 0 radical (unpaired) electrons. The van der Waals surface area contributed by atoms with E-state index < -0.39 is 115 Å². The molecule has 0 saturated carbocycles. The van der Waals surface area contributed by atoms with Gasteiger partial charge in [-0.05, 0) is 93.9 Å². The molecule has 0 bridgehead atoms. The van der Waals surface area contributed by atoms with Crippen molar-refractivity contribution in [2.75, 3.05) is 98.3 Å². The smallest absolute Gasteiger partial charge is 0.305 e. The molecule has 0 rings (SSSR count). The van der Waals surface area contributed by atoms with Gasteiger partial charge in [-0.1, -0.05) is 72.6 Å². The normalized spacial score (nSPS) is 13.3. The van der Waals surface area contributed by atoms with E-state index in [0.29, 0.717) is 90.0 Å². The summed E-state index contributed by atoms with van der Waals surface area (Å²) in [6, 6.07) is -2.86. The van der Waals surface area contributed by atoms with Gasteiger partial charge in [0, 0.05) is 154 Å². The number of nitrogens with zero attached hydrogens (tertiary/aromatic N) is 2. The molecule has 29 heteroatoms. The fourth-order valence-electron chi connectivity index (χ4n) is 10.9. The summed E-state index contributed by atoms with van der Waals surface area (Å²) in [6.07, 6.45) is 6.98. The highest BCUT2D eigenvalue weighted by atomic mass is 16.5. The van der Waals surface area contributed by atoms with Crippen molar-refractivity contribution in [3.05, 3.63) is 0 Å². The van der Waals surface area contributed by atoms with Gasteiger partial charge in [0.25, 0.3) is 0 Å². The lowest BCUT2D eigenvalue weighted by molar-refractivity contribution is -0.145. The van der Waals surface area contributed by atoms with E-state index in [-0.39, 0.29) is 102 Å². The number of ketones is 1. The van der Waals surface area contributed by atoms with Crippen LogP contribution in [0.1, 0.15) is 212 Å². The number of amides is 9. The van der Waals surface area contributed by atoms with Gasteiger partial charge in [-0.2, -0.15) is 0 Å². The van der Waals surface area contributed by atoms with Crippen LogP contribution in [0.2, 0.25) is 0 Å². The van der Waals surface area contributed by atoms with Crippen LogP contribution < -0.4 is 69.5 Å². The van der Waals surface area contributed by atoms with Crippen LogP contribution in [0.5, 0.6) is 0 Å². The summed E-state index contributed by atoms with van der Waals surface area (Å²) in [4.78, 5) is 164. The number of esters is 2. The maximum absolute atomic E-state index is 14.5. The fourth-order valence-corrected chi connectivity index (χ4v) is 10.9. The molecule has 0 aromatic heterocycles. The van der Waals surface area contributed by atoms with E-state index in [4.69, 9.17) is 15.2 Å². The summed E-state index contributed by atoms with van der Waals surface area (Å²) in [6.45, 7) is 29.0. The van der Waals surface area contributed by atoms with Gasteiger partial charge in [0.1, 0.15) is 31.1 Å². The van der Waals surface area contributed by atoms with Crippen molar-refractivity contribution in [2.24, 2.45) is 17.6 Å². The van der Waals surface area contributed by atoms with E-state index in [1.807, 2.05) is 6.92 Å². The van der Waals surface area contributed by atoms with E-state index in [1.165, 1.54) is 0 Å². The first-order valence-corrected chi connectivity index (χ1v) is 36.4. The average molecular weight is 1390 g/mol. The molecule has 0 aliphatic heterocycles. The topological polar surface area (TPSA) is 400 Å². The molecule has 566 valence electrons. The molecule has 14 N–H and O–H groups in total. The van der Waals surface area contributed by atoms with E-state index in [9.17, 15) is 57.5 Å². The minimum atomic E-state index is -1.61. The standard InChI is InChI=1S/C69H131N15O14/c1-13-17-20-22-29-75-61(88)47-58(81-62(89)44-53(16-4)66(93)78-30-23-21-18-14-2)69(96)82-57(68(95)79-38-34-71-31-35-73-56(65(70)92)24-26-63(90)97-41-39-83(49(5)6)50(7)8)46-55(86)43-54(67(94)77-28-19-15-3)45-60(87)76-37-33-72-32-36-74-59(80-48-85)25-27-64(91)98-42-40-84(51(9)10)52(11)12/h48-54,56-59,71-74H,13-47H2,1-12H3,(H2,70,92)(H,75,88)(H,76,87)(H,77,94)(H,78,93)(H,79,95)(H,80,85)(H,81,89)(H,82,96). The van der Waals surface area contributed by atoms with Gasteiger partial charge in [-0.15, -0.1) is 0 Å². The van der Waals surface area contributed by atoms with Crippen molar-refractivity contribution >= 4 is 71.4 Å². The Kier molecular flexibility index (Phi) is 53.6. The molecule has 98 heavy (non-hydrogen) atoms. The van der Waals surface area contributed by atoms with E-state index >= 15 is 0 Å². The number of primary amides is 1. The number of hydrogen-bond donors (Lipinski definition) is 13. The molecule has 6 atom stereocenters. The maximum atomic E-state index is 14.5. The van der Waals surface area contributed by atoms with E-state index in [2.05, 4.69) is 143 Å². The molecule has 0 aliphatic carbocycles. The SMILES string of the molecule is CCCCCCNC(=O)CC(NC(=O)CC(CC)C(=O)NCCCCCC)C(=O)NC(CC(=O)CC(CC(=O)NCCNCCNC(CCC(=O)OCCN(C(C)C)C(C)C)NC=O)C(=O)NCCCC)C(=O)NCCNCCNC(CCC(=O)OCCN(C(C)C)C(C)C)C(N)=O. The summed E-state index contributed by atoms with van der Waals surface area (Å²) in [5.74, 6) is -8.54. The molecule has 0 aliphatic rings. The molecular weight excluding hydrogens is 1260 g/mol. The zero-order chi connectivity index (χ0) is 73.6. The second-order valence-corrected chi connectivity index (χ2v) is 26.2. The Labute approximate surface area is 585 Å². The third-order valence-corrected chi connectivity index (χ3v) is 16.6. The zero-order valence-corrected chi connectivity index (χ0v) is 61.8. The molecule has 0 fully saturated rings. The molecule has 0 heterocycles. The summed E-state index contributed by atoms with van der Waals surface area (Å²) in [5, 5.41) is 34.4. The molecular formula is C69H131N15O14. The first-order chi connectivity index (χ1) is 46.7. The largest absolute Gasteiger partial charge is 0.464 e. The third-order valence-electron chi connectivity index (χ3n) is 16.6. The van der Waals surface area contributed by atoms with Gasteiger partial charge < -0.3 is 73.7 Å². The van der Waals surface area contributed by atoms with E-state index in [0.717, 1.165) is 51.4 Å². The highest BCUT2D eigenvalue weighted by Crippen LogP contribution is 2.15. The lowest BCUT2D eigenvalue weighted by atomic mass is 9.94. The van der Waals surface area contributed by atoms with Crippen LogP contribution in [-0.2, 0) is 67.0 Å². The lowest BCUT2D eigenvalue weighted by Crippen LogP contribution is -2.56. The van der Waals surface area contributed by atoms with Crippen LogP contribution in [0.4, 0.5) is 0 Å². The predicted octanol–water partition coefficient (Wildman–Crippen LogP) is 1.83. The number of ether oxygens (including phenoxy) is 2. The van der Waals surface area contributed by atoms with Gasteiger partial charge in [0.2, 0.25) is 53.7 Å². The zero-order valence-electron chi connectivity index (χ0n) is 61.8. The Hall–Kier alpha value is -6.40. The highest BCUT2D eigenvalue weighted by molar-refractivity contribution is 5.98. The van der Waals surface area contributed by atoms with Crippen molar-refractivity contribution in [2.45, 2.75) is 260 Å². The Morgan fingerprint density at radius 3 is 1.39 bits per heavy atom. The monoisotopic (exact) mass is 1390 g/mol. The third kappa shape index (κ3) is 46.0. The lowest BCUT2D eigenvalue weighted by Gasteiger charge is -2.30. The first-order valence-electron chi connectivity index (χ1n) is 36.4. The predicted molar refractivity (Wildman–Crippen MR) is 380 cm³/mol. The molecule has 6 unspecified atom stereocenters. The minimum Gasteiger partial charge on any atom is -0.464 e. The molecule has 0 saturated heterocycles. The quantitative estimate of drug-likeness (QED) is 0.0179. The fraction of sp³-hybridized carbons (Fsp3) is 0.826. The molecule has 0 spiro atoms. The van der Waals surface area contributed by atoms with Crippen LogP contribution in [0.3, 0.4) is 0 Å². The number of rotatable bonds is 63. The van der Waals surface area contributed by atoms with Crippen molar-refractivity contribution in [1.82, 2.24) is 73.6 Å². The second-order valence-electron chi connectivity index (χ2n) is 26.2. The Morgan fingerprint density at radius 1 is 0.418 bits per heavy atom. The van der Waals surface area contributed by atoms with Crippen LogP contribution in [0.15, 0.2) is 0 Å². The van der Waals surface area contributed by atoms with Crippen molar-refractivity contribution in [3.63, 3.8) is 0 Å². The summed E-state index contributed by atoms with van der Waals surface area (Å²) < 4.78 is 10.9. The average Bonchev–Trinajstić information content (AvgIpc) is 0.929. The van der Waals surface area contributed by atoms with E-state index in [1.54, 1.807) is 6.92 Å². The van der Waals surface area contributed by atoms with Crippen LogP contribution >= 0.6 is 0 Å². The Morgan fingerprint density at radius 2 is 0.867 bits per heavy atom. The Bertz CT molecular complexity index is 2280. The number of carbonyl (C=O) groups is 12. The number of Topliss-reactive ketones (excluding diaryl/α,β-unsaturated/α-hetero) is 1. The molecule has 9 amide bonds. The van der Waals surface area contributed by atoms with Gasteiger partial charge in [0.15, 0.2) is 0 Å². The number of carbonyl (C=O) groups excluding carboxylic acids is 12. The van der Waals surface area contributed by atoms with Gasteiger partial charge in [-0.25, -0.2) is 0 Å². The van der Waals surface area contributed by atoms with Gasteiger partial charge >= 0.3 is 11.9 Å². The molecule has 0 aromatic rings. The number of nitrogens with one attached hydrogen (secondary N) is 12. The van der Waals surface area contributed by atoms with Crippen LogP contribution in [-0.4, -0.2) is 228 Å². The number of unbranched alkanes of at least 4 members (excludes halogenated alkanes) is 7. The van der Waals surface area contributed by atoms with Gasteiger partial charge in [-0.3, -0.25) is 72.7 Å².